The van der Waals surface area contributed by atoms with Gasteiger partial charge in [-0.05, 0) is 90.9 Å². The van der Waals surface area contributed by atoms with E-state index in [4.69, 9.17) is 11.6 Å². The Morgan fingerprint density at radius 3 is 1.88 bits per heavy atom. The lowest BCUT2D eigenvalue weighted by atomic mass is 9.61. The zero-order valence-corrected chi connectivity index (χ0v) is 29.2. The fourth-order valence-electron chi connectivity index (χ4n) is 8.21. The minimum atomic E-state index is -3.98. The molecule has 0 amide bonds. The highest BCUT2D eigenvalue weighted by Gasteiger charge is 2.56. The van der Waals surface area contributed by atoms with Crippen LogP contribution >= 0.6 is 11.6 Å². The van der Waals surface area contributed by atoms with Crippen LogP contribution in [-0.2, 0) is 24.5 Å². The van der Waals surface area contributed by atoms with Gasteiger partial charge in [0.05, 0.1) is 20.3 Å². The maximum atomic E-state index is 15.0. The molecule has 0 aliphatic heterocycles. The standard InChI is InChI=1S/C40H37ClO5S2/c1-25-10-14-28(15-11-25)34-22-36-35(24-39(34)47(43,44)30-20-16-29(41)17-21-30)38(42)23-37(33-9-5-7-27-6-3-4-8-32(27)33)40(36)48(45,46)31-18-12-26(2)13-19-31/h3-21,34-37,39-40H,22-24H2,1-2H3/t34?,35-,36+,37?,39?,40?/m1/s1. The highest BCUT2D eigenvalue weighted by molar-refractivity contribution is 7.92. The van der Waals surface area contributed by atoms with Crippen LogP contribution < -0.4 is 0 Å². The van der Waals surface area contributed by atoms with Gasteiger partial charge in [0, 0.05) is 29.2 Å². The predicted octanol–water partition coefficient (Wildman–Crippen LogP) is 8.66. The Morgan fingerprint density at radius 2 is 1.19 bits per heavy atom. The van der Waals surface area contributed by atoms with E-state index in [1.54, 1.807) is 36.4 Å². The van der Waals surface area contributed by atoms with Crippen molar-refractivity contribution in [3.8, 4) is 0 Å². The van der Waals surface area contributed by atoms with Gasteiger partial charge in [-0.15, -0.1) is 0 Å². The first-order chi connectivity index (χ1) is 22.9. The number of carbonyl (C=O) groups is 1. The van der Waals surface area contributed by atoms with Gasteiger partial charge < -0.3 is 0 Å². The smallest absolute Gasteiger partial charge is 0.182 e. The molecule has 2 saturated carbocycles. The molecule has 2 aliphatic carbocycles. The van der Waals surface area contributed by atoms with E-state index in [2.05, 4.69) is 0 Å². The summed E-state index contributed by atoms with van der Waals surface area (Å²) in [6.45, 7) is 3.89. The molecule has 2 fully saturated rings. The van der Waals surface area contributed by atoms with E-state index in [1.807, 2.05) is 80.6 Å². The average molecular weight is 697 g/mol. The number of hydrogen-bond donors (Lipinski definition) is 0. The zero-order chi connectivity index (χ0) is 33.8. The van der Waals surface area contributed by atoms with Crippen LogP contribution in [0.4, 0.5) is 0 Å². The van der Waals surface area contributed by atoms with Gasteiger partial charge in [-0.1, -0.05) is 102 Å². The van der Waals surface area contributed by atoms with Gasteiger partial charge >= 0.3 is 0 Å². The van der Waals surface area contributed by atoms with E-state index in [9.17, 15) is 21.6 Å². The van der Waals surface area contributed by atoms with Crippen LogP contribution in [-0.4, -0.2) is 33.1 Å². The van der Waals surface area contributed by atoms with Gasteiger partial charge in [-0.25, -0.2) is 16.8 Å². The second-order valence-corrected chi connectivity index (χ2v) is 18.2. The first kappa shape index (κ1) is 32.8. The van der Waals surface area contributed by atoms with Crippen LogP contribution in [0.3, 0.4) is 0 Å². The zero-order valence-electron chi connectivity index (χ0n) is 26.8. The van der Waals surface area contributed by atoms with Crippen molar-refractivity contribution in [2.24, 2.45) is 11.8 Å². The molecule has 5 aromatic carbocycles. The second kappa shape index (κ2) is 12.6. The molecule has 5 aromatic rings. The van der Waals surface area contributed by atoms with Crippen LogP contribution in [0.2, 0.25) is 5.02 Å². The lowest BCUT2D eigenvalue weighted by molar-refractivity contribution is -0.128. The molecule has 7 rings (SSSR count). The predicted molar refractivity (Wildman–Crippen MR) is 191 cm³/mol. The molecule has 0 N–H and O–H groups in total. The molecule has 4 unspecified atom stereocenters. The molecule has 246 valence electrons. The number of aryl methyl sites for hydroxylation is 2. The molecule has 2 aliphatic rings. The topological polar surface area (TPSA) is 85.3 Å². The Kier molecular flexibility index (Phi) is 8.59. The van der Waals surface area contributed by atoms with Crippen molar-refractivity contribution in [3.63, 3.8) is 0 Å². The van der Waals surface area contributed by atoms with E-state index in [-0.39, 0.29) is 34.8 Å². The fourth-order valence-corrected chi connectivity index (χ4v) is 12.6. The molecule has 0 radical (unpaired) electrons. The SMILES string of the molecule is Cc1ccc(C2C[C@@H]3C(S(=O)(=O)c4ccc(C)cc4)C(c4cccc5ccccc45)CC(=O)[C@@H]3CC2S(=O)(=O)c2ccc(Cl)cc2)cc1. The molecule has 0 saturated heterocycles. The quantitative estimate of drug-likeness (QED) is 0.177. The number of hydrogen-bond acceptors (Lipinski definition) is 5. The summed E-state index contributed by atoms with van der Waals surface area (Å²) >= 11 is 6.12. The maximum absolute atomic E-state index is 15.0. The van der Waals surface area contributed by atoms with Crippen molar-refractivity contribution in [2.45, 2.75) is 65.2 Å². The van der Waals surface area contributed by atoms with Gasteiger partial charge in [-0.3, -0.25) is 4.79 Å². The maximum Gasteiger partial charge on any atom is 0.182 e. The number of Topliss-reactive ketones (excluding diaryl/α,β-unsaturated/α-hetero) is 1. The minimum Gasteiger partial charge on any atom is -0.299 e. The number of halogens is 1. The largest absolute Gasteiger partial charge is 0.299 e. The van der Waals surface area contributed by atoms with Gasteiger partial charge in [0.15, 0.2) is 19.7 Å². The van der Waals surface area contributed by atoms with E-state index in [1.165, 1.54) is 12.1 Å². The highest BCUT2D eigenvalue weighted by atomic mass is 35.5. The van der Waals surface area contributed by atoms with Gasteiger partial charge in [0.1, 0.15) is 5.78 Å². The fraction of sp³-hybridized carbons (Fsp3) is 0.275. The number of rotatable bonds is 6. The van der Waals surface area contributed by atoms with E-state index < -0.39 is 53.8 Å². The van der Waals surface area contributed by atoms with E-state index in [0.717, 1.165) is 33.0 Å². The van der Waals surface area contributed by atoms with Crippen LogP contribution in [0.1, 0.15) is 53.4 Å². The number of carbonyl (C=O) groups excluding carboxylic acids is 1. The van der Waals surface area contributed by atoms with Gasteiger partial charge in [-0.2, -0.15) is 0 Å². The monoisotopic (exact) mass is 696 g/mol. The summed E-state index contributed by atoms with van der Waals surface area (Å²) in [5.41, 5.74) is 3.65. The molecule has 8 heteroatoms. The van der Waals surface area contributed by atoms with Crippen LogP contribution in [0.5, 0.6) is 0 Å². The molecular formula is C40H37ClO5S2. The number of sulfone groups is 2. The summed E-state index contributed by atoms with van der Waals surface area (Å²) in [6, 6.07) is 34.6. The Balaban J connectivity index is 1.41. The molecule has 5 nitrogen and oxygen atoms in total. The van der Waals surface area contributed by atoms with Crippen molar-refractivity contribution in [1.29, 1.82) is 0 Å². The summed E-state index contributed by atoms with van der Waals surface area (Å²) in [5.74, 6) is -2.52. The Morgan fingerprint density at radius 1 is 0.604 bits per heavy atom. The van der Waals surface area contributed by atoms with Gasteiger partial charge in [0.25, 0.3) is 0 Å². The molecule has 0 spiro atoms. The van der Waals surface area contributed by atoms with Crippen LogP contribution in [0.25, 0.3) is 10.8 Å². The van der Waals surface area contributed by atoms with Crippen molar-refractivity contribution >= 4 is 47.8 Å². The first-order valence-electron chi connectivity index (χ1n) is 16.3. The molecule has 0 aromatic heterocycles. The number of ketones is 1. The molecule has 0 heterocycles. The van der Waals surface area contributed by atoms with Crippen LogP contribution in [0, 0.1) is 25.7 Å². The third-order valence-corrected chi connectivity index (χ3v) is 15.4. The summed E-state index contributed by atoms with van der Waals surface area (Å²) in [6.07, 6.45) is 0.316. The second-order valence-electron chi connectivity index (χ2n) is 13.5. The van der Waals surface area contributed by atoms with Crippen LogP contribution in [0.15, 0.2) is 125 Å². The highest BCUT2D eigenvalue weighted by Crippen LogP contribution is 2.54. The summed E-state index contributed by atoms with van der Waals surface area (Å²) in [4.78, 5) is 14.7. The lowest BCUT2D eigenvalue weighted by Crippen LogP contribution is -2.53. The normalized spacial score (nSPS) is 24.7. The molecule has 0 bridgehead atoms. The number of fused-ring (bicyclic) bond motifs is 2. The molecular weight excluding hydrogens is 660 g/mol. The lowest BCUT2D eigenvalue weighted by Gasteiger charge is -2.48. The molecule has 6 atom stereocenters. The molecule has 48 heavy (non-hydrogen) atoms. The Labute approximate surface area is 287 Å². The van der Waals surface area contributed by atoms with Gasteiger partial charge in [0.2, 0.25) is 0 Å². The summed E-state index contributed by atoms with van der Waals surface area (Å²) in [7, 11) is -7.90. The van der Waals surface area contributed by atoms with E-state index >= 15 is 0 Å². The minimum absolute atomic E-state index is 0.0217. The number of benzene rings is 5. The Hall–Kier alpha value is -3.78. The van der Waals surface area contributed by atoms with E-state index in [0.29, 0.717) is 5.02 Å². The van der Waals surface area contributed by atoms with Crippen molar-refractivity contribution in [3.05, 3.63) is 143 Å². The third-order valence-electron chi connectivity index (χ3n) is 10.6. The van der Waals surface area contributed by atoms with Crippen molar-refractivity contribution in [2.75, 3.05) is 0 Å². The summed E-state index contributed by atoms with van der Waals surface area (Å²) in [5, 5.41) is 0.490. The average Bonchev–Trinajstić information content (AvgIpc) is 3.08. The third kappa shape index (κ3) is 5.80. The van der Waals surface area contributed by atoms with Crippen molar-refractivity contribution < 1.29 is 21.6 Å². The first-order valence-corrected chi connectivity index (χ1v) is 19.8. The van der Waals surface area contributed by atoms with Crippen molar-refractivity contribution in [1.82, 2.24) is 0 Å². The summed E-state index contributed by atoms with van der Waals surface area (Å²) < 4.78 is 58.8. The Bertz CT molecular complexity index is 2210.